The van der Waals surface area contributed by atoms with Gasteiger partial charge in [-0.25, -0.2) is 0 Å². The second kappa shape index (κ2) is 6.67. The number of carbonyl (C=O) groups is 1. The third kappa shape index (κ3) is 3.99. The van der Waals surface area contributed by atoms with Crippen LogP contribution >= 0.6 is 0 Å². The summed E-state index contributed by atoms with van der Waals surface area (Å²) >= 11 is 0. The number of carbonyl (C=O) groups excluding carboxylic acids is 1. The molecule has 1 heterocycles. The number of hydrogen-bond acceptors (Lipinski definition) is 4. The molecule has 1 saturated carbocycles. The molecule has 2 aliphatic rings. The van der Waals surface area contributed by atoms with E-state index in [-0.39, 0.29) is 12.0 Å². The highest BCUT2D eigenvalue weighted by Gasteiger charge is 2.37. The smallest absolute Gasteiger partial charge is 0.238 e. The van der Waals surface area contributed by atoms with Gasteiger partial charge in [-0.15, -0.1) is 0 Å². The molecule has 1 amide bonds. The minimum absolute atomic E-state index is 0.0220. The molecule has 1 saturated heterocycles. The second-order valence-electron chi connectivity index (χ2n) is 6.29. The number of nitrogens with one attached hydrogen (secondary N) is 1. The molecule has 2 atom stereocenters. The van der Waals surface area contributed by atoms with E-state index in [0.29, 0.717) is 18.6 Å². The van der Waals surface area contributed by atoms with Crippen LogP contribution < -0.4 is 10.1 Å². The third-order valence-electron chi connectivity index (χ3n) is 4.25. The first-order valence-electron chi connectivity index (χ1n) is 7.96. The van der Waals surface area contributed by atoms with Crippen molar-refractivity contribution < 1.29 is 14.3 Å². The molecule has 0 bridgehead atoms. The van der Waals surface area contributed by atoms with E-state index in [9.17, 15) is 4.79 Å². The van der Waals surface area contributed by atoms with Gasteiger partial charge in [-0.05, 0) is 49.9 Å². The maximum atomic E-state index is 12.2. The van der Waals surface area contributed by atoms with Crippen LogP contribution in [0, 0.1) is 5.92 Å². The van der Waals surface area contributed by atoms with Crippen molar-refractivity contribution in [3.05, 3.63) is 24.3 Å². The molecule has 1 aliphatic carbocycles. The van der Waals surface area contributed by atoms with Gasteiger partial charge >= 0.3 is 0 Å². The Labute approximate surface area is 131 Å². The molecule has 5 nitrogen and oxygen atoms in total. The van der Waals surface area contributed by atoms with Gasteiger partial charge in [-0.1, -0.05) is 0 Å². The number of morpholine rings is 1. The van der Waals surface area contributed by atoms with Crippen LogP contribution in [0.1, 0.15) is 19.8 Å². The SMILES string of the molecule is COc1ccc(NC(=O)CN2C[C@@H](C)O[C@@H](C3CC3)C2)cc1. The molecule has 0 unspecified atom stereocenters. The molecule has 1 aromatic carbocycles. The molecule has 22 heavy (non-hydrogen) atoms. The summed E-state index contributed by atoms with van der Waals surface area (Å²) in [5.41, 5.74) is 0.797. The van der Waals surface area contributed by atoms with Gasteiger partial charge in [0.25, 0.3) is 0 Å². The van der Waals surface area contributed by atoms with Crippen LogP contribution in [0.25, 0.3) is 0 Å². The predicted octanol–water partition coefficient (Wildman–Crippen LogP) is 2.13. The fourth-order valence-corrected chi connectivity index (χ4v) is 3.01. The quantitative estimate of drug-likeness (QED) is 0.905. The lowest BCUT2D eigenvalue weighted by Gasteiger charge is -2.36. The normalized spacial score (nSPS) is 25.7. The van der Waals surface area contributed by atoms with Gasteiger partial charge in [0.1, 0.15) is 5.75 Å². The van der Waals surface area contributed by atoms with Crippen molar-refractivity contribution >= 4 is 11.6 Å². The van der Waals surface area contributed by atoms with Crippen LogP contribution in [0.4, 0.5) is 5.69 Å². The Morgan fingerprint density at radius 1 is 1.32 bits per heavy atom. The van der Waals surface area contributed by atoms with Crippen LogP contribution in [0.2, 0.25) is 0 Å². The highest BCUT2D eigenvalue weighted by molar-refractivity contribution is 5.92. The van der Waals surface area contributed by atoms with Gasteiger partial charge in [-0.3, -0.25) is 9.69 Å². The topological polar surface area (TPSA) is 50.8 Å². The van der Waals surface area contributed by atoms with Gasteiger partial charge in [0.2, 0.25) is 5.91 Å². The van der Waals surface area contributed by atoms with Crippen molar-refractivity contribution in [3.63, 3.8) is 0 Å². The Morgan fingerprint density at radius 3 is 2.68 bits per heavy atom. The first-order valence-corrected chi connectivity index (χ1v) is 7.96. The third-order valence-corrected chi connectivity index (χ3v) is 4.25. The minimum Gasteiger partial charge on any atom is -0.497 e. The minimum atomic E-state index is 0.0220. The average Bonchev–Trinajstić information content (AvgIpc) is 3.32. The van der Waals surface area contributed by atoms with Crippen molar-refractivity contribution in [1.82, 2.24) is 4.90 Å². The van der Waals surface area contributed by atoms with Crippen LogP contribution in [0.3, 0.4) is 0 Å². The molecule has 2 fully saturated rings. The molecule has 3 rings (SSSR count). The van der Waals surface area contributed by atoms with Crippen LogP contribution in [0.5, 0.6) is 5.75 Å². The predicted molar refractivity (Wildman–Crippen MR) is 85.1 cm³/mol. The van der Waals surface area contributed by atoms with E-state index >= 15 is 0 Å². The zero-order valence-corrected chi connectivity index (χ0v) is 13.2. The molecule has 1 N–H and O–H groups in total. The zero-order valence-electron chi connectivity index (χ0n) is 13.2. The molecule has 5 heteroatoms. The summed E-state index contributed by atoms with van der Waals surface area (Å²) in [6, 6.07) is 7.39. The van der Waals surface area contributed by atoms with E-state index < -0.39 is 0 Å². The monoisotopic (exact) mass is 304 g/mol. The summed E-state index contributed by atoms with van der Waals surface area (Å²) in [7, 11) is 1.63. The largest absolute Gasteiger partial charge is 0.497 e. The zero-order chi connectivity index (χ0) is 15.5. The standard InChI is InChI=1S/C17H24N2O3/c1-12-9-19(10-16(22-12)13-3-4-13)11-17(20)18-14-5-7-15(21-2)8-6-14/h5-8,12-13,16H,3-4,9-11H2,1-2H3,(H,18,20)/t12-,16-/m1/s1. The van der Waals surface area contributed by atoms with Crippen LogP contribution in [-0.2, 0) is 9.53 Å². The van der Waals surface area contributed by atoms with Crippen molar-refractivity contribution in [2.75, 3.05) is 32.1 Å². The fraction of sp³-hybridized carbons (Fsp3) is 0.588. The number of benzene rings is 1. The lowest BCUT2D eigenvalue weighted by atomic mass is 10.1. The number of amides is 1. The highest BCUT2D eigenvalue weighted by Crippen LogP contribution is 2.36. The van der Waals surface area contributed by atoms with E-state index in [4.69, 9.17) is 9.47 Å². The van der Waals surface area contributed by atoms with E-state index in [1.807, 2.05) is 24.3 Å². The lowest BCUT2D eigenvalue weighted by Crippen LogP contribution is -2.49. The summed E-state index contributed by atoms with van der Waals surface area (Å²) in [4.78, 5) is 14.4. The van der Waals surface area contributed by atoms with E-state index in [2.05, 4.69) is 17.1 Å². The molecule has 1 aromatic rings. The average molecular weight is 304 g/mol. The van der Waals surface area contributed by atoms with Crippen molar-refractivity contribution in [3.8, 4) is 5.75 Å². The molecular weight excluding hydrogens is 280 g/mol. The Balaban J connectivity index is 1.51. The summed E-state index contributed by atoms with van der Waals surface area (Å²) < 4.78 is 11.1. The Kier molecular flexibility index (Phi) is 4.64. The Hall–Kier alpha value is -1.59. The number of anilines is 1. The molecule has 0 aromatic heterocycles. The van der Waals surface area contributed by atoms with Gasteiger partial charge in [0.05, 0.1) is 25.9 Å². The van der Waals surface area contributed by atoms with Gasteiger partial charge < -0.3 is 14.8 Å². The number of methoxy groups -OCH3 is 1. The lowest BCUT2D eigenvalue weighted by molar-refractivity contribution is -0.122. The van der Waals surface area contributed by atoms with Crippen LogP contribution in [-0.4, -0.2) is 49.8 Å². The van der Waals surface area contributed by atoms with Crippen molar-refractivity contribution in [2.45, 2.75) is 32.0 Å². The summed E-state index contributed by atoms with van der Waals surface area (Å²) in [5, 5.41) is 2.94. The number of rotatable bonds is 5. The first kappa shape index (κ1) is 15.3. The number of nitrogens with zero attached hydrogens (tertiary/aromatic N) is 1. The van der Waals surface area contributed by atoms with Gasteiger partial charge in [0, 0.05) is 18.8 Å². The Morgan fingerprint density at radius 2 is 2.05 bits per heavy atom. The summed E-state index contributed by atoms with van der Waals surface area (Å²) in [6.07, 6.45) is 3.04. The first-order chi connectivity index (χ1) is 10.6. The molecular formula is C17H24N2O3. The second-order valence-corrected chi connectivity index (χ2v) is 6.29. The van der Waals surface area contributed by atoms with E-state index in [1.54, 1.807) is 7.11 Å². The maximum absolute atomic E-state index is 12.2. The molecule has 0 spiro atoms. The van der Waals surface area contributed by atoms with Crippen molar-refractivity contribution in [1.29, 1.82) is 0 Å². The van der Waals surface area contributed by atoms with E-state index in [1.165, 1.54) is 12.8 Å². The number of ether oxygens (including phenoxy) is 2. The summed E-state index contributed by atoms with van der Waals surface area (Å²) in [6.45, 7) is 4.19. The van der Waals surface area contributed by atoms with E-state index in [0.717, 1.165) is 24.5 Å². The molecule has 1 aliphatic heterocycles. The van der Waals surface area contributed by atoms with Gasteiger partial charge in [-0.2, -0.15) is 0 Å². The molecule has 0 radical (unpaired) electrons. The maximum Gasteiger partial charge on any atom is 0.238 e. The molecule has 120 valence electrons. The fourth-order valence-electron chi connectivity index (χ4n) is 3.01. The van der Waals surface area contributed by atoms with Crippen molar-refractivity contribution in [2.24, 2.45) is 5.92 Å². The van der Waals surface area contributed by atoms with Crippen LogP contribution in [0.15, 0.2) is 24.3 Å². The highest BCUT2D eigenvalue weighted by atomic mass is 16.5. The van der Waals surface area contributed by atoms with Gasteiger partial charge in [0.15, 0.2) is 0 Å². The number of hydrogen-bond donors (Lipinski definition) is 1. The summed E-state index contributed by atoms with van der Waals surface area (Å²) in [5.74, 6) is 1.51. The Bertz CT molecular complexity index is 513.